The van der Waals surface area contributed by atoms with E-state index in [1.807, 2.05) is 31.2 Å². The van der Waals surface area contributed by atoms with Gasteiger partial charge in [-0.1, -0.05) is 12.1 Å². The number of amides is 1. The van der Waals surface area contributed by atoms with Gasteiger partial charge in [0.25, 0.3) is 0 Å². The third-order valence-corrected chi connectivity index (χ3v) is 6.61. The van der Waals surface area contributed by atoms with Crippen molar-refractivity contribution in [2.24, 2.45) is 0 Å². The maximum Gasteiger partial charge on any atom is 0.225 e. The van der Waals surface area contributed by atoms with Crippen molar-refractivity contribution >= 4 is 11.7 Å². The first-order valence-corrected chi connectivity index (χ1v) is 11.6. The van der Waals surface area contributed by atoms with Gasteiger partial charge in [-0.25, -0.2) is 0 Å². The number of Topliss-reactive ketones (excluding diaryl/α,β-unsaturated/α-hetero) is 1. The maximum absolute atomic E-state index is 13.5. The summed E-state index contributed by atoms with van der Waals surface area (Å²) >= 11 is 0. The summed E-state index contributed by atoms with van der Waals surface area (Å²) in [6, 6.07) is 9.34. The third-order valence-electron chi connectivity index (χ3n) is 6.61. The summed E-state index contributed by atoms with van der Waals surface area (Å²) < 4.78 is 27.7. The second-order valence-corrected chi connectivity index (χ2v) is 8.49. The van der Waals surface area contributed by atoms with Gasteiger partial charge < -0.3 is 29.0 Å². The average Bonchev–Trinajstić information content (AvgIpc) is 2.87. The minimum absolute atomic E-state index is 0.00550. The highest BCUT2D eigenvalue weighted by molar-refractivity contribution is 6.02. The van der Waals surface area contributed by atoms with Crippen molar-refractivity contribution in [3.05, 3.63) is 52.7 Å². The lowest BCUT2D eigenvalue weighted by Crippen LogP contribution is -2.38. The van der Waals surface area contributed by atoms with E-state index in [9.17, 15) is 9.59 Å². The van der Waals surface area contributed by atoms with Crippen LogP contribution in [0.4, 0.5) is 0 Å². The van der Waals surface area contributed by atoms with E-state index in [0.717, 1.165) is 11.1 Å². The molecule has 0 bridgehead atoms. The predicted molar refractivity (Wildman–Crippen MR) is 130 cm³/mol. The molecular weight excluding hydrogens is 450 g/mol. The van der Waals surface area contributed by atoms with Gasteiger partial charge in [0.15, 0.2) is 28.8 Å². The smallest absolute Gasteiger partial charge is 0.225 e. The Morgan fingerprint density at radius 1 is 0.829 bits per heavy atom. The Morgan fingerprint density at radius 2 is 1.54 bits per heavy atom. The number of carbonyl (C=O) groups excluding carboxylic acids is 2. The summed E-state index contributed by atoms with van der Waals surface area (Å²) in [6.45, 7) is 2.44. The van der Waals surface area contributed by atoms with Crippen molar-refractivity contribution < 1.29 is 33.3 Å². The molecule has 2 aromatic carbocycles. The molecule has 0 saturated carbocycles. The molecule has 35 heavy (non-hydrogen) atoms. The number of carbonyl (C=O) groups is 2. The molecule has 2 atom stereocenters. The van der Waals surface area contributed by atoms with E-state index < -0.39 is 5.92 Å². The molecule has 1 N–H and O–H groups in total. The van der Waals surface area contributed by atoms with Crippen LogP contribution in [0.2, 0.25) is 0 Å². The normalized spacial score (nSPS) is 19.6. The van der Waals surface area contributed by atoms with E-state index in [2.05, 4.69) is 5.32 Å². The molecule has 2 aromatic rings. The lowest BCUT2D eigenvalue weighted by atomic mass is 9.73. The Kier molecular flexibility index (Phi) is 7.19. The van der Waals surface area contributed by atoms with Crippen LogP contribution < -0.4 is 29.0 Å². The van der Waals surface area contributed by atoms with Crippen molar-refractivity contribution in [3.8, 4) is 28.7 Å². The van der Waals surface area contributed by atoms with Crippen molar-refractivity contribution in [2.75, 3.05) is 35.0 Å². The minimum atomic E-state index is -0.433. The van der Waals surface area contributed by atoms with Crippen LogP contribution in [0.15, 0.2) is 41.6 Å². The first-order valence-electron chi connectivity index (χ1n) is 11.6. The van der Waals surface area contributed by atoms with E-state index in [1.165, 1.54) is 14.2 Å². The van der Waals surface area contributed by atoms with Gasteiger partial charge in [0.1, 0.15) is 0 Å². The number of rotatable bonds is 8. The Hall–Kier alpha value is -3.68. The molecule has 0 aromatic heterocycles. The summed E-state index contributed by atoms with van der Waals surface area (Å²) in [5.74, 6) is 2.04. The lowest BCUT2D eigenvalue weighted by molar-refractivity contribution is -0.122. The van der Waals surface area contributed by atoms with Crippen molar-refractivity contribution in [1.29, 1.82) is 0 Å². The molecule has 4 rings (SSSR count). The molecule has 2 unspecified atom stereocenters. The van der Waals surface area contributed by atoms with Gasteiger partial charge in [-0.15, -0.1) is 0 Å². The van der Waals surface area contributed by atoms with E-state index >= 15 is 0 Å². The van der Waals surface area contributed by atoms with Crippen molar-refractivity contribution in [1.82, 2.24) is 5.32 Å². The zero-order valence-corrected chi connectivity index (χ0v) is 20.7. The summed E-state index contributed by atoms with van der Waals surface area (Å²) in [7, 11) is 6.21. The molecule has 2 aliphatic rings. The van der Waals surface area contributed by atoms with E-state index in [4.69, 9.17) is 23.7 Å². The van der Waals surface area contributed by atoms with Gasteiger partial charge in [-0.2, -0.15) is 0 Å². The molecule has 0 spiro atoms. The zero-order chi connectivity index (χ0) is 25.1. The molecule has 1 aliphatic carbocycles. The Balaban J connectivity index is 1.73. The third kappa shape index (κ3) is 4.52. The molecule has 1 heterocycles. The van der Waals surface area contributed by atoms with Gasteiger partial charge in [0, 0.05) is 35.6 Å². The number of ether oxygens (including phenoxy) is 5. The summed E-state index contributed by atoms with van der Waals surface area (Å²) in [4.78, 5) is 26.3. The van der Waals surface area contributed by atoms with E-state index in [1.54, 1.807) is 20.3 Å². The molecule has 8 nitrogen and oxygen atoms in total. The molecule has 8 heteroatoms. The molecular formula is C27H31NO7. The average molecular weight is 482 g/mol. The fraction of sp³-hybridized carbons (Fsp3) is 0.407. The number of benzene rings is 2. The van der Waals surface area contributed by atoms with Crippen LogP contribution in [0.5, 0.6) is 28.7 Å². The van der Waals surface area contributed by atoms with Crippen LogP contribution in [-0.2, 0) is 9.59 Å². The molecule has 0 saturated heterocycles. The number of ketones is 1. The second kappa shape index (κ2) is 10.3. The minimum Gasteiger partial charge on any atom is -0.493 e. The zero-order valence-electron chi connectivity index (χ0n) is 20.7. The number of hydrogen-bond acceptors (Lipinski definition) is 7. The topological polar surface area (TPSA) is 92.3 Å². The number of allylic oxidation sites excluding steroid dienone is 2. The van der Waals surface area contributed by atoms with Gasteiger partial charge in [0.2, 0.25) is 11.7 Å². The first kappa shape index (κ1) is 24.4. The molecule has 186 valence electrons. The van der Waals surface area contributed by atoms with Crippen LogP contribution in [0.25, 0.3) is 0 Å². The Labute approximate surface area is 205 Å². The Bertz CT molecular complexity index is 1170. The van der Waals surface area contributed by atoms with Crippen LogP contribution in [0, 0.1) is 0 Å². The van der Waals surface area contributed by atoms with Gasteiger partial charge in [0.05, 0.1) is 35.0 Å². The number of hydrogen-bond donors (Lipinski definition) is 1. The van der Waals surface area contributed by atoms with Crippen LogP contribution in [0.1, 0.15) is 49.1 Å². The summed E-state index contributed by atoms with van der Waals surface area (Å²) in [5.41, 5.74) is 2.98. The number of nitrogens with one attached hydrogen (secondary N) is 1. The van der Waals surface area contributed by atoms with E-state index in [0.29, 0.717) is 59.5 Å². The fourth-order valence-corrected chi connectivity index (χ4v) is 5.07. The highest BCUT2D eigenvalue weighted by atomic mass is 16.5. The molecule has 1 amide bonds. The van der Waals surface area contributed by atoms with Crippen LogP contribution >= 0.6 is 0 Å². The second-order valence-electron chi connectivity index (χ2n) is 8.49. The fourth-order valence-electron chi connectivity index (χ4n) is 5.07. The monoisotopic (exact) mass is 481 g/mol. The Morgan fingerprint density at radius 3 is 2.20 bits per heavy atom. The van der Waals surface area contributed by atoms with Crippen LogP contribution in [0.3, 0.4) is 0 Å². The predicted octanol–water partition coefficient (Wildman–Crippen LogP) is 4.12. The van der Waals surface area contributed by atoms with Crippen molar-refractivity contribution in [3.63, 3.8) is 0 Å². The molecule has 0 fully saturated rings. The highest BCUT2D eigenvalue weighted by Gasteiger charge is 2.40. The van der Waals surface area contributed by atoms with Gasteiger partial charge >= 0.3 is 0 Å². The SMILES string of the molecule is CCOc1ccc(C2CC(=O)C3=C(C2)NC(=O)CC3c2ccc(OC)c(OC)c2OC)cc1OC. The number of methoxy groups -OCH3 is 4. The summed E-state index contributed by atoms with van der Waals surface area (Å²) in [5, 5.41) is 2.96. The van der Waals surface area contributed by atoms with Crippen molar-refractivity contribution in [2.45, 2.75) is 38.0 Å². The standard InChI is InChI=1S/C27H31NO7/c1-6-35-21-9-7-15(13-23(21)32-3)16-11-19-25(20(29)12-16)18(14-24(30)28-19)17-8-10-22(31-2)27(34-5)26(17)33-4/h7-10,13,16,18H,6,11-12,14H2,1-5H3,(H,28,30). The molecule has 1 aliphatic heterocycles. The first-order chi connectivity index (χ1) is 16.9. The highest BCUT2D eigenvalue weighted by Crippen LogP contribution is 2.49. The van der Waals surface area contributed by atoms with Crippen LogP contribution in [-0.4, -0.2) is 46.7 Å². The van der Waals surface area contributed by atoms with Gasteiger partial charge in [-0.3, -0.25) is 9.59 Å². The quantitative estimate of drug-likeness (QED) is 0.606. The van der Waals surface area contributed by atoms with E-state index in [-0.39, 0.29) is 24.0 Å². The largest absolute Gasteiger partial charge is 0.493 e. The maximum atomic E-state index is 13.5. The molecule has 0 radical (unpaired) electrons. The summed E-state index contributed by atoms with van der Waals surface area (Å²) in [6.07, 6.45) is 1.02. The van der Waals surface area contributed by atoms with Gasteiger partial charge in [-0.05, 0) is 43.0 Å². The lowest BCUT2D eigenvalue weighted by Gasteiger charge is -2.35.